The molecule has 2 aromatic rings. The number of nitrogens with one attached hydrogen (secondary N) is 1. The van der Waals surface area contributed by atoms with Crippen LogP contribution < -0.4 is 4.74 Å². The highest BCUT2D eigenvalue weighted by molar-refractivity contribution is 7.71. The van der Waals surface area contributed by atoms with E-state index in [0.717, 1.165) is 35.5 Å². The van der Waals surface area contributed by atoms with Crippen molar-refractivity contribution in [3.63, 3.8) is 0 Å². The molecule has 0 aliphatic carbocycles. The first-order chi connectivity index (χ1) is 9.56. The van der Waals surface area contributed by atoms with Gasteiger partial charge in [-0.1, -0.05) is 19.1 Å². The van der Waals surface area contributed by atoms with Crippen LogP contribution in [0.25, 0.3) is 11.3 Å². The summed E-state index contributed by atoms with van der Waals surface area (Å²) in [5.41, 5.74) is 2.41. The Morgan fingerprint density at radius 3 is 2.75 bits per heavy atom. The summed E-state index contributed by atoms with van der Waals surface area (Å²) in [6, 6.07) is 4.87. The van der Waals surface area contributed by atoms with E-state index in [2.05, 4.69) is 16.9 Å². The maximum Gasteiger partial charge on any atom is 0.165 e. The van der Waals surface area contributed by atoms with Gasteiger partial charge in [0.1, 0.15) is 10.5 Å². The van der Waals surface area contributed by atoms with Crippen LogP contribution in [0.5, 0.6) is 5.75 Å². The molecule has 0 unspecified atom stereocenters. The second-order valence-corrected chi connectivity index (χ2v) is 4.97. The molecule has 0 atom stereocenters. The summed E-state index contributed by atoms with van der Waals surface area (Å²) in [7, 11) is 1.45. The molecule has 0 spiro atoms. The van der Waals surface area contributed by atoms with Crippen LogP contribution in [0.4, 0.5) is 4.39 Å². The van der Waals surface area contributed by atoms with Crippen LogP contribution in [0, 0.1) is 17.4 Å². The number of aromatic nitrogens is 2. The Kier molecular flexibility index (Phi) is 4.49. The third-order valence-corrected chi connectivity index (χ3v) is 3.53. The predicted molar refractivity (Wildman–Crippen MR) is 80.1 cm³/mol. The minimum Gasteiger partial charge on any atom is -0.494 e. The molecule has 0 saturated carbocycles. The number of aromatic amines is 1. The van der Waals surface area contributed by atoms with Gasteiger partial charge in [0.25, 0.3) is 0 Å². The standard InChI is InChI=1S/C15H17FN2OS/c1-4-5-13-17-14(9(2)15(20)18-13)10-6-7-12(19-3)11(16)8-10/h6-8H,4-5H2,1-3H3,(H,17,18,20). The highest BCUT2D eigenvalue weighted by Crippen LogP contribution is 2.26. The molecule has 1 N–H and O–H groups in total. The van der Waals surface area contributed by atoms with E-state index in [-0.39, 0.29) is 5.75 Å². The molecule has 106 valence electrons. The largest absolute Gasteiger partial charge is 0.494 e. The minimum absolute atomic E-state index is 0.229. The van der Waals surface area contributed by atoms with Crippen molar-refractivity contribution in [2.24, 2.45) is 0 Å². The van der Waals surface area contributed by atoms with Gasteiger partial charge in [0.2, 0.25) is 0 Å². The van der Waals surface area contributed by atoms with Gasteiger partial charge in [-0.3, -0.25) is 0 Å². The quantitative estimate of drug-likeness (QED) is 0.858. The molecular weight excluding hydrogens is 275 g/mol. The lowest BCUT2D eigenvalue weighted by atomic mass is 10.1. The van der Waals surface area contributed by atoms with Crippen LogP contribution >= 0.6 is 12.2 Å². The van der Waals surface area contributed by atoms with E-state index in [9.17, 15) is 4.39 Å². The van der Waals surface area contributed by atoms with Crippen LogP contribution in [0.2, 0.25) is 0 Å². The van der Waals surface area contributed by atoms with Crippen molar-refractivity contribution in [1.29, 1.82) is 0 Å². The first kappa shape index (κ1) is 14.7. The first-order valence-corrected chi connectivity index (χ1v) is 6.91. The van der Waals surface area contributed by atoms with Crippen molar-refractivity contribution >= 4 is 12.2 Å². The number of hydrogen-bond acceptors (Lipinski definition) is 3. The second kappa shape index (κ2) is 6.13. The first-order valence-electron chi connectivity index (χ1n) is 6.50. The minimum atomic E-state index is -0.391. The van der Waals surface area contributed by atoms with Gasteiger partial charge in [-0.25, -0.2) is 9.37 Å². The lowest BCUT2D eigenvalue weighted by molar-refractivity contribution is 0.386. The third kappa shape index (κ3) is 2.88. The summed E-state index contributed by atoms with van der Waals surface area (Å²) in [6.07, 6.45) is 1.79. The zero-order valence-corrected chi connectivity index (χ0v) is 12.6. The SMILES string of the molecule is CCCc1nc(=S)c(C)c(-c2ccc(OC)c(F)c2)[nH]1. The normalized spacial score (nSPS) is 10.6. The molecule has 0 aliphatic heterocycles. The molecule has 0 bridgehead atoms. The average molecular weight is 292 g/mol. The van der Waals surface area contributed by atoms with Crippen molar-refractivity contribution in [2.75, 3.05) is 7.11 Å². The Morgan fingerprint density at radius 2 is 2.15 bits per heavy atom. The Bertz CT molecular complexity index is 682. The highest BCUT2D eigenvalue weighted by Gasteiger charge is 2.10. The number of halogens is 1. The Balaban J connectivity index is 2.56. The Hall–Kier alpha value is -1.75. The monoisotopic (exact) mass is 292 g/mol. The van der Waals surface area contributed by atoms with E-state index in [1.807, 2.05) is 13.0 Å². The fraction of sp³-hybridized carbons (Fsp3) is 0.333. The van der Waals surface area contributed by atoms with Crippen LogP contribution in [0.1, 0.15) is 24.7 Å². The lowest BCUT2D eigenvalue weighted by Gasteiger charge is -2.10. The number of rotatable bonds is 4. The van der Waals surface area contributed by atoms with Crippen LogP contribution in [0.3, 0.4) is 0 Å². The molecule has 1 heterocycles. The van der Waals surface area contributed by atoms with E-state index < -0.39 is 5.82 Å². The van der Waals surface area contributed by atoms with Gasteiger partial charge in [0.15, 0.2) is 11.6 Å². The molecule has 0 saturated heterocycles. The van der Waals surface area contributed by atoms with Gasteiger partial charge < -0.3 is 9.72 Å². The maximum absolute atomic E-state index is 13.8. The Labute approximate surface area is 122 Å². The maximum atomic E-state index is 13.8. The summed E-state index contributed by atoms with van der Waals surface area (Å²) >= 11 is 5.27. The second-order valence-electron chi connectivity index (χ2n) is 4.59. The zero-order valence-electron chi connectivity index (χ0n) is 11.8. The van der Waals surface area contributed by atoms with E-state index in [4.69, 9.17) is 17.0 Å². The van der Waals surface area contributed by atoms with Crippen molar-refractivity contribution in [3.05, 3.63) is 40.0 Å². The molecule has 20 heavy (non-hydrogen) atoms. The van der Waals surface area contributed by atoms with Gasteiger partial charge in [-0.2, -0.15) is 0 Å². The number of hydrogen-bond donors (Lipinski definition) is 1. The fourth-order valence-corrected chi connectivity index (χ4v) is 2.26. The van der Waals surface area contributed by atoms with Crippen LogP contribution in [0.15, 0.2) is 18.2 Å². The topological polar surface area (TPSA) is 37.9 Å². The molecule has 1 aromatic carbocycles. The van der Waals surface area contributed by atoms with Crippen molar-refractivity contribution in [2.45, 2.75) is 26.7 Å². The number of benzene rings is 1. The molecule has 0 amide bonds. The molecule has 5 heteroatoms. The number of aryl methyl sites for hydroxylation is 1. The fourth-order valence-electron chi connectivity index (χ4n) is 2.05. The summed E-state index contributed by atoms with van der Waals surface area (Å²) in [4.78, 5) is 7.60. The Morgan fingerprint density at radius 1 is 1.40 bits per heavy atom. The summed E-state index contributed by atoms with van der Waals surface area (Å²) in [5.74, 6) is 0.666. The average Bonchev–Trinajstić information content (AvgIpc) is 2.43. The third-order valence-electron chi connectivity index (χ3n) is 3.13. The number of H-pyrrole nitrogens is 1. The summed E-state index contributed by atoms with van der Waals surface area (Å²) in [5, 5.41) is 0. The molecule has 0 fully saturated rings. The van der Waals surface area contributed by atoms with Gasteiger partial charge >= 0.3 is 0 Å². The number of ether oxygens (including phenoxy) is 1. The smallest absolute Gasteiger partial charge is 0.165 e. The number of nitrogens with zero attached hydrogens (tertiary/aromatic N) is 1. The van der Waals surface area contributed by atoms with Crippen molar-refractivity contribution in [1.82, 2.24) is 9.97 Å². The van der Waals surface area contributed by atoms with E-state index in [1.54, 1.807) is 6.07 Å². The summed E-state index contributed by atoms with van der Waals surface area (Å²) < 4.78 is 19.3. The number of methoxy groups -OCH3 is 1. The van der Waals surface area contributed by atoms with E-state index >= 15 is 0 Å². The van der Waals surface area contributed by atoms with Crippen molar-refractivity contribution in [3.8, 4) is 17.0 Å². The van der Waals surface area contributed by atoms with Crippen molar-refractivity contribution < 1.29 is 9.13 Å². The molecular formula is C15H17FN2OS. The van der Waals surface area contributed by atoms with Gasteiger partial charge in [0.05, 0.1) is 12.8 Å². The molecule has 0 aliphatic rings. The van der Waals surface area contributed by atoms with Gasteiger partial charge in [0, 0.05) is 17.5 Å². The zero-order chi connectivity index (χ0) is 14.7. The predicted octanol–water partition coefficient (Wildman–Crippen LogP) is 4.21. The molecule has 2 rings (SSSR count). The van der Waals surface area contributed by atoms with E-state index in [0.29, 0.717) is 4.64 Å². The highest BCUT2D eigenvalue weighted by atomic mass is 32.1. The van der Waals surface area contributed by atoms with Gasteiger partial charge in [-0.05, 0) is 31.5 Å². The van der Waals surface area contributed by atoms with Crippen LogP contribution in [-0.4, -0.2) is 17.1 Å². The molecule has 1 aromatic heterocycles. The summed E-state index contributed by atoms with van der Waals surface area (Å²) in [6.45, 7) is 3.96. The lowest BCUT2D eigenvalue weighted by Crippen LogP contribution is -2.01. The molecule has 3 nitrogen and oxygen atoms in total. The van der Waals surface area contributed by atoms with Gasteiger partial charge in [-0.15, -0.1) is 0 Å². The van der Waals surface area contributed by atoms with E-state index in [1.165, 1.54) is 13.2 Å². The van der Waals surface area contributed by atoms with Crippen LogP contribution in [-0.2, 0) is 6.42 Å². The molecule has 0 radical (unpaired) electrons.